The minimum absolute atomic E-state index is 0.644. The molecule has 1 heterocycles. The van der Waals surface area contributed by atoms with E-state index in [0.717, 1.165) is 12.8 Å². The number of aldehydes is 1. The first-order valence-electron chi connectivity index (χ1n) is 5.06. The molecule has 1 rings (SSSR count). The third-order valence-electron chi connectivity index (χ3n) is 2.68. The molecule has 70 valence electrons. The molecule has 0 aliphatic carbocycles. The van der Waals surface area contributed by atoms with Crippen molar-refractivity contribution in [1.29, 1.82) is 0 Å². The first-order chi connectivity index (χ1) is 5.88. The second kappa shape index (κ2) is 5.31. The summed E-state index contributed by atoms with van der Waals surface area (Å²) in [5.74, 6) is 0. The van der Waals surface area contributed by atoms with Crippen molar-refractivity contribution in [3.05, 3.63) is 0 Å². The Morgan fingerprint density at radius 2 is 2.33 bits per heavy atom. The predicted molar refractivity (Wildman–Crippen MR) is 50.2 cm³/mol. The van der Waals surface area contributed by atoms with E-state index in [1.54, 1.807) is 0 Å². The van der Waals surface area contributed by atoms with Gasteiger partial charge in [-0.3, -0.25) is 4.90 Å². The third kappa shape index (κ3) is 2.59. The van der Waals surface area contributed by atoms with Gasteiger partial charge < -0.3 is 4.79 Å². The molecule has 2 heteroatoms. The average molecular weight is 169 g/mol. The molecule has 1 atom stereocenters. The van der Waals surface area contributed by atoms with Gasteiger partial charge in [-0.2, -0.15) is 0 Å². The molecule has 0 saturated carbocycles. The van der Waals surface area contributed by atoms with Crippen LogP contribution in [0.2, 0.25) is 0 Å². The molecule has 2 nitrogen and oxygen atoms in total. The SMILES string of the molecule is CCCC1CCCCN1CC=O. The summed E-state index contributed by atoms with van der Waals surface area (Å²) in [5.41, 5.74) is 0. The standard InChI is InChI=1S/C10H19NO/c1-2-5-10-6-3-4-7-11(10)8-9-12/h9-10H,2-8H2,1H3. The van der Waals surface area contributed by atoms with Crippen LogP contribution in [0.25, 0.3) is 0 Å². The van der Waals surface area contributed by atoms with E-state index in [1.807, 2.05) is 0 Å². The number of piperidine rings is 1. The van der Waals surface area contributed by atoms with Gasteiger partial charge in [0.15, 0.2) is 0 Å². The predicted octanol–water partition coefficient (Wildman–Crippen LogP) is 1.84. The van der Waals surface area contributed by atoms with Crippen LogP contribution < -0.4 is 0 Å². The fourth-order valence-corrected chi connectivity index (χ4v) is 2.06. The average Bonchev–Trinajstić information content (AvgIpc) is 2.09. The number of nitrogens with zero attached hydrogens (tertiary/aromatic N) is 1. The van der Waals surface area contributed by atoms with Crippen molar-refractivity contribution < 1.29 is 4.79 Å². The highest BCUT2D eigenvalue weighted by molar-refractivity contribution is 5.52. The summed E-state index contributed by atoms with van der Waals surface area (Å²) in [6.45, 7) is 3.99. The fraction of sp³-hybridized carbons (Fsp3) is 0.900. The number of hydrogen-bond acceptors (Lipinski definition) is 2. The molecule has 1 unspecified atom stereocenters. The second-order valence-corrected chi connectivity index (χ2v) is 3.60. The van der Waals surface area contributed by atoms with Crippen LogP contribution in [0, 0.1) is 0 Å². The van der Waals surface area contributed by atoms with E-state index < -0.39 is 0 Å². The van der Waals surface area contributed by atoms with Gasteiger partial charge in [-0.1, -0.05) is 19.8 Å². The molecule has 1 saturated heterocycles. The molecular formula is C10H19NO. The highest BCUT2D eigenvalue weighted by atomic mass is 16.1. The Kier molecular flexibility index (Phi) is 4.30. The Balaban J connectivity index is 2.36. The Morgan fingerprint density at radius 1 is 1.50 bits per heavy atom. The summed E-state index contributed by atoms with van der Waals surface area (Å²) in [4.78, 5) is 12.7. The van der Waals surface area contributed by atoms with Crippen LogP contribution >= 0.6 is 0 Å². The minimum atomic E-state index is 0.644. The summed E-state index contributed by atoms with van der Waals surface area (Å²) in [5, 5.41) is 0. The maximum atomic E-state index is 10.4. The minimum Gasteiger partial charge on any atom is -0.302 e. The van der Waals surface area contributed by atoms with Gasteiger partial charge in [0.05, 0.1) is 6.54 Å². The van der Waals surface area contributed by atoms with Crippen molar-refractivity contribution in [2.24, 2.45) is 0 Å². The van der Waals surface area contributed by atoms with Crippen molar-refractivity contribution in [3.8, 4) is 0 Å². The van der Waals surface area contributed by atoms with Gasteiger partial charge in [-0.25, -0.2) is 0 Å². The van der Waals surface area contributed by atoms with Crippen molar-refractivity contribution in [1.82, 2.24) is 4.90 Å². The first kappa shape index (κ1) is 9.72. The third-order valence-corrected chi connectivity index (χ3v) is 2.68. The number of rotatable bonds is 4. The maximum absolute atomic E-state index is 10.4. The summed E-state index contributed by atoms with van der Waals surface area (Å²) < 4.78 is 0. The highest BCUT2D eigenvalue weighted by Gasteiger charge is 2.20. The lowest BCUT2D eigenvalue weighted by Crippen LogP contribution is -2.40. The van der Waals surface area contributed by atoms with E-state index in [4.69, 9.17) is 0 Å². The Bertz CT molecular complexity index is 134. The van der Waals surface area contributed by atoms with Crippen molar-refractivity contribution in [2.45, 2.75) is 45.1 Å². The van der Waals surface area contributed by atoms with E-state index >= 15 is 0 Å². The van der Waals surface area contributed by atoms with E-state index in [2.05, 4.69) is 11.8 Å². The molecule has 12 heavy (non-hydrogen) atoms. The van der Waals surface area contributed by atoms with E-state index in [-0.39, 0.29) is 0 Å². The molecule has 1 aliphatic heterocycles. The first-order valence-corrected chi connectivity index (χ1v) is 5.06. The molecule has 0 spiro atoms. The van der Waals surface area contributed by atoms with Gasteiger partial charge in [-0.15, -0.1) is 0 Å². The quantitative estimate of drug-likeness (QED) is 0.598. The Hall–Kier alpha value is -0.370. The Morgan fingerprint density at radius 3 is 3.00 bits per heavy atom. The zero-order valence-corrected chi connectivity index (χ0v) is 7.96. The van der Waals surface area contributed by atoms with Gasteiger partial charge in [0.1, 0.15) is 6.29 Å². The molecule has 0 N–H and O–H groups in total. The number of carbonyl (C=O) groups is 1. The zero-order chi connectivity index (χ0) is 8.81. The molecule has 0 aromatic carbocycles. The number of likely N-dealkylation sites (tertiary alicyclic amines) is 1. The molecule has 0 amide bonds. The molecular weight excluding hydrogens is 150 g/mol. The van der Waals surface area contributed by atoms with Crippen LogP contribution in [-0.2, 0) is 4.79 Å². The number of hydrogen-bond donors (Lipinski definition) is 0. The molecule has 0 radical (unpaired) electrons. The van der Waals surface area contributed by atoms with Gasteiger partial charge >= 0.3 is 0 Å². The smallest absolute Gasteiger partial charge is 0.133 e. The summed E-state index contributed by atoms with van der Waals surface area (Å²) >= 11 is 0. The lowest BCUT2D eigenvalue weighted by Gasteiger charge is -2.34. The van der Waals surface area contributed by atoms with Crippen molar-refractivity contribution in [2.75, 3.05) is 13.1 Å². The van der Waals surface area contributed by atoms with Gasteiger partial charge in [-0.05, 0) is 25.8 Å². The summed E-state index contributed by atoms with van der Waals surface area (Å²) in [6.07, 6.45) is 7.44. The molecule has 1 aliphatic rings. The zero-order valence-electron chi connectivity index (χ0n) is 7.96. The van der Waals surface area contributed by atoms with Crippen molar-refractivity contribution >= 4 is 6.29 Å². The van der Waals surface area contributed by atoms with Crippen LogP contribution in [0.4, 0.5) is 0 Å². The highest BCUT2D eigenvalue weighted by Crippen LogP contribution is 2.19. The second-order valence-electron chi connectivity index (χ2n) is 3.60. The van der Waals surface area contributed by atoms with Crippen LogP contribution in [0.3, 0.4) is 0 Å². The van der Waals surface area contributed by atoms with E-state index in [1.165, 1.54) is 32.1 Å². The van der Waals surface area contributed by atoms with Crippen molar-refractivity contribution in [3.63, 3.8) is 0 Å². The van der Waals surface area contributed by atoms with E-state index in [9.17, 15) is 4.79 Å². The monoisotopic (exact) mass is 169 g/mol. The van der Waals surface area contributed by atoms with Gasteiger partial charge in [0, 0.05) is 6.04 Å². The maximum Gasteiger partial charge on any atom is 0.133 e. The van der Waals surface area contributed by atoms with Crippen LogP contribution in [0.15, 0.2) is 0 Å². The fourth-order valence-electron chi connectivity index (χ4n) is 2.06. The lowest BCUT2D eigenvalue weighted by atomic mass is 9.98. The van der Waals surface area contributed by atoms with E-state index in [0.29, 0.717) is 12.6 Å². The van der Waals surface area contributed by atoms with Gasteiger partial charge in [0.25, 0.3) is 0 Å². The van der Waals surface area contributed by atoms with Crippen LogP contribution in [0.5, 0.6) is 0 Å². The topological polar surface area (TPSA) is 20.3 Å². The molecule has 0 bridgehead atoms. The lowest BCUT2D eigenvalue weighted by molar-refractivity contribution is -0.109. The van der Waals surface area contributed by atoms with Gasteiger partial charge in [0.2, 0.25) is 0 Å². The normalized spacial score (nSPS) is 25.6. The summed E-state index contributed by atoms with van der Waals surface area (Å²) in [6, 6.07) is 0.689. The largest absolute Gasteiger partial charge is 0.302 e. The molecule has 1 fully saturated rings. The van der Waals surface area contributed by atoms with Crippen LogP contribution in [0.1, 0.15) is 39.0 Å². The van der Waals surface area contributed by atoms with Crippen LogP contribution in [-0.4, -0.2) is 30.3 Å². The summed E-state index contributed by atoms with van der Waals surface area (Å²) in [7, 11) is 0. The number of carbonyl (C=O) groups excluding carboxylic acids is 1. The molecule has 0 aromatic heterocycles. The Labute approximate surface area is 74.9 Å². The molecule has 0 aromatic rings.